The van der Waals surface area contributed by atoms with E-state index in [0.29, 0.717) is 0 Å². The van der Waals surface area contributed by atoms with Gasteiger partial charge < -0.3 is 20.3 Å². The van der Waals surface area contributed by atoms with E-state index in [2.05, 4.69) is 62.5 Å². The van der Waals surface area contributed by atoms with Gasteiger partial charge in [-0.25, -0.2) is 0 Å². The standard InChI is InChI=1S/C18H30N4O.HI/c1-6-19-17(21-13-18(2,3)22(4)5)20-12-15-11-14-9-7-8-10-16(14)23-15;/h7-10,15H,6,11-13H2,1-5H3,(H2,19,20,21);1H. The minimum Gasteiger partial charge on any atom is -0.488 e. The average Bonchev–Trinajstić information content (AvgIpc) is 2.92. The predicted molar refractivity (Wildman–Crippen MR) is 112 cm³/mol. The van der Waals surface area contributed by atoms with E-state index in [4.69, 9.17) is 9.73 Å². The quantitative estimate of drug-likeness (QED) is 0.401. The Hall–Kier alpha value is -1.02. The Labute approximate surface area is 163 Å². The Morgan fingerprint density at radius 1 is 1.29 bits per heavy atom. The number of aliphatic imine (C=N–C) groups is 1. The zero-order valence-corrected chi connectivity index (χ0v) is 17.8. The second kappa shape index (κ2) is 9.46. The van der Waals surface area contributed by atoms with Gasteiger partial charge in [-0.3, -0.25) is 4.99 Å². The van der Waals surface area contributed by atoms with Crippen LogP contribution in [0.3, 0.4) is 0 Å². The van der Waals surface area contributed by atoms with Gasteiger partial charge in [0.25, 0.3) is 0 Å². The fraction of sp³-hybridized carbons (Fsp3) is 0.611. The molecule has 1 unspecified atom stereocenters. The van der Waals surface area contributed by atoms with Crippen molar-refractivity contribution in [3.8, 4) is 5.75 Å². The van der Waals surface area contributed by atoms with Crippen molar-refractivity contribution in [2.24, 2.45) is 4.99 Å². The molecule has 0 saturated heterocycles. The summed E-state index contributed by atoms with van der Waals surface area (Å²) in [7, 11) is 4.17. The number of nitrogens with one attached hydrogen (secondary N) is 2. The first-order chi connectivity index (χ1) is 10.9. The van der Waals surface area contributed by atoms with Gasteiger partial charge in [0.15, 0.2) is 5.96 Å². The number of ether oxygens (including phenoxy) is 1. The SMILES string of the molecule is CCNC(=NCC(C)(C)N(C)C)NCC1Cc2ccccc2O1.I. The summed E-state index contributed by atoms with van der Waals surface area (Å²) >= 11 is 0. The van der Waals surface area contributed by atoms with Crippen molar-refractivity contribution < 1.29 is 4.74 Å². The molecule has 1 atom stereocenters. The van der Waals surface area contributed by atoms with Crippen LogP contribution in [0, 0.1) is 0 Å². The van der Waals surface area contributed by atoms with Crippen LogP contribution < -0.4 is 15.4 Å². The number of benzene rings is 1. The molecule has 2 N–H and O–H groups in total. The lowest BCUT2D eigenvalue weighted by atomic mass is 10.1. The van der Waals surface area contributed by atoms with Crippen LogP contribution in [0.5, 0.6) is 5.75 Å². The van der Waals surface area contributed by atoms with E-state index < -0.39 is 0 Å². The molecule has 0 aromatic heterocycles. The first-order valence-electron chi connectivity index (χ1n) is 8.36. The van der Waals surface area contributed by atoms with Gasteiger partial charge in [-0.15, -0.1) is 24.0 Å². The van der Waals surface area contributed by atoms with Crippen molar-refractivity contribution in [1.82, 2.24) is 15.5 Å². The predicted octanol–water partition coefficient (Wildman–Crippen LogP) is 2.50. The van der Waals surface area contributed by atoms with Crippen molar-refractivity contribution in [1.29, 1.82) is 0 Å². The van der Waals surface area contributed by atoms with Gasteiger partial charge in [0.2, 0.25) is 0 Å². The second-order valence-corrected chi connectivity index (χ2v) is 6.83. The summed E-state index contributed by atoms with van der Waals surface area (Å²) in [6.07, 6.45) is 1.12. The van der Waals surface area contributed by atoms with Gasteiger partial charge in [-0.2, -0.15) is 0 Å². The van der Waals surface area contributed by atoms with Gasteiger partial charge in [-0.1, -0.05) is 18.2 Å². The van der Waals surface area contributed by atoms with E-state index in [1.54, 1.807) is 0 Å². The number of para-hydroxylation sites is 1. The van der Waals surface area contributed by atoms with Crippen LogP contribution in [0.15, 0.2) is 29.3 Å². The van der Waals surface area contributed by atoms with E-state index in [0.717, 1.165) is 37.8 Å². The summed E-state index contributed by atoms with van der Waals surface area (Å²) in [5.74, 6) is 1.86. The zero-order valence-electron chi connectivity index (χ0n) is 15.4. The highest BCUT2D eigenvalue weighted by Gasteiger charge is 2.23. The molecule has 1 aromatic carbocycles. The third kappa shape index (κ3) is 5.81. The molecule has 0 radical (unpaired) electrons. The molecule has 0 aliphatic carbocycles. The Morgan fingerprint density at radius 3 is 2.62 bits per heavy atom. The van der Waals surface area contributed by atoms with Crippen LogP contribution in [0.1, 0.15) is 26.3 Å². The summed E-state index contributed by atoms with van der Waals surface area (Å²) in [6.45, 7) is 8.80. The molecule has 0 saturated carbocycles. The molecule has 0 fully saturated rings. The van der Waals surface area contributed by atoms with Crippen LogP contribution in [-0.2, 0) is 6.42 Å². The van der Waals surface area contributed by atoms with E-state index in [1.807, 2.05) is 12.1 Å². The maximum Gasteiger partial charge on any atom is 0.191 e. The van der Waals surface area contributed by atoms with Crippen LogP contribution in [0.25, 0.3) is 0 Å². The van der Waals surface area contributed by atoms with E-state index in [9.17, 15) is 0 Å². The smallest absolute Gasteiger partial charge is 0.191 e. The number of likely N-dealkylation sites (N-methyl/N-ethyl adjacent to an activating group) is 1. The molecule has 136 valence electrons. The minimum absolute atomic E-state index is 0. The molecule has 6 heteroatoms. The van der Waals surface area contributed by atoms with Crippen LogP contribution in [-0.4, -0.2) is 56.2 Å². The van der Waals surface area contributed by atoms with E-state index in [1.165, 1.54) is 5.56 Å². The summed E-state index contributed by atoms with van der Waals surface area (Å²) in [5, 5.41) is 6.71. The maximum absolute atomic E-state index is 5.97. The number of fused-ring (bicyclic) bond motifs is 1. The zero-order chi connectivity index (χ0) is 16.9. The minimum atomic E-state index is 0. The Balaban J connectivity index is 0.00000288. The molecular weight excluding hydrogens is 415 g/mol. The number of hydrogen-bond acceptors (Lipinski definition) is 3. The highest BCUT2D eigenvalue weighted by atomic mass is 127. The van der Waals surface area contributed by atoms with Crippen LogP contribution in [0.4, 0.5) is 0 Å². The largest absolute Gasteiger partial charge is 0.488 e. The van der Waals surface area contributed by atoms with Crippen LogP contribution in [0.2, 0.25) is 0 Å². The summed E-state index contributed by atoms with van der Waals surface area (Å²) in [5.41, 5.74) is 1.32. The third-order valence-corrected chi connectivity index (χ3v) is 4.39. The topological polar surface area (TPSA) is 48.9 Å². The molecular formula is C18H31IN4O. The fourth-order valence-corrected chi connectivity index (χ4v) is 2.33. The number of halogens is 1. The van der Waals surface area contributed by atoms with Crippen molar-refractivity contribution >= 4 is 29.9 Å². The fourth-order valence-electron chi connectivity index (χ4n) is 2.33. The summed E-state index contributed by atoms with van der Waals surface area (Å²) < 4.78 is 5.97. The van der Waals surface area contributed by atoms with Gasteiger partial charge in [0.05, 0.1) is 13.1 Å². The van der Waals surface area contributed by atoms with Gasteiger partial charge in [0, 0.05) is 18.5 Å². The molecule has 0 spiro atoms. The molecule has 2 rings (SSSR count). The van der Waals surface area contributed by atoms with Gasteiger partial charge >= 0.3 is 0 Å². The van der Waals surface area contributed by atoms with E-state index >= 15 is 0 Å². The Bertz CT molecular complexity index is 521. The molecule has 0 bridgehead atoms. The normalized spacial score (nSPS) is 17.1. The molecule has 1 aromatic rings. The molecule has 1 aliphatic rings. The lowest BCUT2D eigenvalue weighted by molar-refractivity contribution is 0.204. The molecule has 24 heavy (non-hydrogen) atoms. The summed E-state index contributed by atoms with van der Waals surface area (Å²) in [4.78, 5) is 6.90. The Kier molecular flexibility index (Phi) is 8.29. The average molecular weight is 446 g/mol. The number of rotatable bonds is 6. The lowest BCUT2D eigenvalue weighted by Crippen LogP contribution is -2.45. The van der Waals surface area contributed by atoms with Crippen molar-refractivity contribution in [3.63, 3.8) is 0 Å². The second-order valence-electron chi connectivity index (χ2n) is 6.83. The first kappa shape index (κ1) is 21.0. The molecule has 0 amide bonds. The molecule has 1 heterocycles. The first-order valence-corrected chi connectivity index (χ1v) is 8.36. The van der Waals surface area contributed by atoms with Gasteiger partial charge in [0.1, 0.15) is 11.9 Å². The molecule has 1 aliphatic heterocycles. The van der Waals surface area contributed by atoms with Crippen molar-refractivity contribution in [3.05, 3.63) is 29.8 Å². The third-order valence-electron chi connectivity index (χ3n) is 4.39. The van der Waals surface area contributed by atoms with Crippen molar-refractivity contribution in [2.45, 2.75) is 38.8 Å². The number of nitrogens with zero attached hydrogens (tertiary/aromatic N) is 2. The number of hydrogen-bond donors (Lipinski definition) is 2. The van der Waals surface area contributed by atoms with Crippen molar-refractivity contribution in [2.75, 3.05) is 33.7 Å². The number of guanidine groups is 1. The molecule has 5 nitrogen and oxygen atoms in total. The van der Waals surface area contributed by atoms with E-state index in [-0.39, 0.29) is 35.6 Å². The Morgan fingerprint density at radius 2 is 2.00 bits per heavy atom. The highest BCUT2D eigenvalue weighted by molar-refractivity contribution is 14.0. The van der Waals surface area contributed by atoms with Crippen LogP contribution >= 0.6 is 24.0 Å². The highest BCUT2D eigenvalue weighted by Crippen LogP contribution is 2.27. The monoisotopic (exact) mass is 446 g/mol. The lowest BCUT2D eigenvalue weighted by Gasteiger charge is -2.31. The van der Waals surface area contributed by atoms with Gasteiger partial charge in [-0.05, 0) is 46.5 Å². The maximum atomic E-state index is 5.97. The summed E-state index contributed by atoms with van der Waals surface area (Å²) in [6, 6.07) is 8.25.